The molecule has 4 heteroatoms. The average Bonchev–Trinajstić information content (AvgIpc) is 2.39. The van der Waals surface area contributed by atoms with Crippen LogP contribution in [-0.4, -0.2) is 31.0 Å². The van der Waals surface area contributed by atoms with E-state index in [1.165, 1.54) is 0 Å². The van der Waals surface area contributed by atoms with E-state index in [2.05, 4.69) is 5.92 Å². The summed E-state index contributed by atoms with van der Waals surface area (Å²) in [6.07, 6.45) is 5.39. The highest BCUT2D eigenvalue weighted by Gasteiger charge is 2.16. The maximum absolute atomic E-state index is 11.8. The van der Waals surface area contributed by atoms with Crippen LogP contribution < -0.4 is 10.5 Å². The maximum Gasteiger partial charge on any atom is 0.240 e. The van der Waals surface area contributed by atoms with Crippen LogP contribution in [0, 0.1) is 12.3 Å². The molecule has 0 saturated carbocycles. The van der Waals surface area contributed by atoms with Crippen LogP contribution in [0.15, 0.2) is 24.3 Å². The van der Waals surface area contributed by atoms with Gasteiger partial charge in [-0.2, -0.15) is 0 Å². The Morgan fingerprint density at radius 2 is 2.11 bits per heavy atom. The topological polar surface area (TPSA) is 55.6 Å². The molecule has 0 heterocycles. The quantitative estimate of drug-likeness (QED) is 0.789. The number of hydrogen-bond acceptors (Lipinski definition) is 3. The van der Waals surface area contributed by atoms with Crippen LogP contribution in [0.5, 0.6) is 5.75 Å². The van der Waals surface area contributed by atoms with Gasteiger partial charge in [-0.05, 0) is 17.7 Å². The third kappa shape index (κ3) is 3.79. The lowest BCUT2D eigenvalue weighted by Crippen LogP contribution is -2.41. The van der Waals surface area contributed by atoms with Crippen molar-refractivity contribution in [3.05, 3.63) is 29.8 Å². The van der Waals surface area contributed by atoms with Crippen molar-refractivity contribution >= 4 is 5.91 Å². The normalized spacial score (nSPS) is 11.4. The van der Waals surface area contributed by atoms with E-state index >= 15 is 0 Å². The second-order valence-corrected chi connectivity index (χ2v) is 4.06. The lowest BCUT2D eigenvalue weighted by molar-refractivity contribution is -0.131. The Labute approximate surface area is 108 Å². The van der Waals surface area contributed by atoms with Gasteiger partial charge in [-0.1, -0.05) is 12.1 Å². The minimum atomic E-state index is -0.627. The summed E-state index contributed by atoms with van der Waals surface area (Å²) in [6, 6.07) is 6.91. The fraction of sp³-hybridized carbons (Fsp3) is 0.357. The standard InChI is InChI=1S/C14H18N2O2/c1-4-5-13(15)14(17)16(2)10-11-6-8-12(18-3)9-7-11/h1,6-9,13H,5,10,15H2,2-3H3. The van der Waals surface area contributed by atoms with Crippen molar-refractivity contribution < 1.29 is 9.53 Å². The molecule has 0 bridgehead atoms. The van der Waals surface area contributed by atoms with Gasteiger partial charge in [0.25, 0.3) is 0 Å². The molecular weight excluding hydrogens is 228 g/mol. The number of ether oxygens (including phenoxy) is 1. The minimum Gasteiger partial charge on any atom is -0.497 e. The zero-order valence-electron chi connectivity index (χ0n) is 10.7. The molecule has 0 radical (unpaired) electrons. The summed E-state index contributed by atoms with van der Waals surface area (Å²) in [5.41, 5.74) is 6.69. The van der Waals surface area contributed by atoms with Gasteiger partial charge in [-0.3, -0.25) is 4.79 Å². The molecule has 1 rings (SSSR count). The van der Waals surface area contributed by atoms with Crippen molar-refractivity contribution in [2.24, 2.45) is 5.73 Å². The molecule has 0 aliphatic rings. The van der Waals surface area contributed by atoms with Gasteiger partial charge in [0.05, 0.1) is 13.2 Å². The molecule has 1 aromatic carbocycles. The van der Waals surface area contributed by atoms with E-state index in [9.17, 15) is 4.79 Å². The number of nitrogens with zero attached hydrogens (tertiary/aromatic N) is 1. The van der Waals surface area contributed by atoms with Crippen molar-refractivity contribution in [3.8, 4) is 18.1 Å². The van der Waals surface area contributed by atoms with Crippen molar-refractivity contribution in [3.63, 3.8) is 0 Å². The predicted octanol–water partition coefficient (Wildman–Crippen LogP) is 1.00. The number of benzene rings is 1. The summed E-state index contributed by atoms with van der Waals surface area (Å²) < 4.78 is 5.07. The highest BCUT2D eigenvalue weighted by atomic mass is 16.5. The van der Waals surface area contributed by atoms with Crippen LogP contribution in [0.4, 0.5) is 0 Å². The van der Waals surface area contributed by atoms with Crippen molar-refractivity contribution in [1.29, 1.82) is 0 Å². The molecule has 2 N–H and O–H groups in total. The largest absolute Gasteiger partial charge is 0.497 e. The van der Waals surface area contributed by atoms with Gasteiger partial charge in [0.1, 0.15) is 5.75 Å². The lowest BCUT2D eigenvalue weighted by Gasteiger charge is -2.20. The van der Waals surface area contributed by atoms with Crippen molar-refractivity contribution in [2.75, 3.05) is 14.2 Å². The van der Waals surface area contributed by atoms with E-state index in [1.54, 1.807) is 19.1 Å². The first-order chi connectivity index (χ1) is 8.58. The van der Waals surface area contributed by atoms with Crippen LogP contribution in [0.3, 0.4) is 0 Å². The summed E-state index contributed by atoms with van der Waals surface area (Å²) in [6.45, 7) is 0.501. The third-order valence-electron chi connectivity index (χ3n) is 2.61. The summed E-state index contributed by atoms with van der Waals surface area (Å²) in [5, 5.41) is 0. The van der Waals surface area contributed by atoms with Crippen molar-refractivity contribution in [2.45, 2.75) is 19.0 Å². The van der Waals surface area contributed by atoms with Gasteiger partial charge < -0.3 is 15.4 Å². The van der Waals surface area contributed by atoms with Crippen LogP contribution in [0.1, 0.15) is 12.0 Å². The second kappa shape index (κ2) is 6.67. The molecule has 1 unspecified atom stereocenters. The summed E-state index contributed by atoms with van der Waals surface area (Å²) in [7, 11) is 3.33. The van der Waals surface area contributed by atoms with E-state index < -0.39 is 6.04 Å². The molecule has 0 aliphatic heterocycles. The molecular formula is C14H18N2O2. The number of carbonyl (C=O) groups is 1. The maximum atomic E-state index is 11.8. The number of methoxy groups -OCH3 is 1. The molecule has 0 spiro atoms. The average molecular weight is 246 g/mol. The molecule has 1 aromatic rings. The van der Waals surface area contributed by atoms with Crippen molar-refractivity contribution in [1.82, 2.24) is 4.90 Å². The Balaban J connectivity index is 2.60. The minimum absolute atomic E-state index is 0.149. The molecule has 0 aliphatic carbocycles. The van der Waals surface area contributed by atoms with Crippen LogP contribution in [-0.2, 0) is 11.3 Å². The first kappa shape index (κ1) is 14.1. The molecule has 18 heavy (non-hydrogen) atoms. The van der Waals surface area contributed by atoms with Gasteiger partial charge in [0, 0.05) is 20.0 Å². The number of amides is 1. The number of nitrogens with two attached hydrogens (primary N) is 1. The Kier molecular flexibility index (Phi) is 5.22. The SMILES string of the molecule is C#CCC(N)C(=O)N(C)Cc1ccc(OC)cc1. The van der Waals surface area contributed by atoms with Gasteiger partial charge >= 0.3 is 0 Å². The fourth-order valence-corrected chi connectivity index (χ4v) is 1.58. The lowest BCUT2D eigenvalue weighted by atomic mass is 10.1. The number of rotatable bonds is 5. The Morgan fingerprint density at radius 3 is 2.61 bits per heavy atom. The van der Waals surface area contributed by atoms with Crippen LogP contribution >= 0.6 is 0 Å². The summed E-state index contributed by atoms with van der Waals surface area (Å²) in [4.78, 5) is 13.4. The Hall–Kier alpha value is -1.99. The molecule has 4 nitrogen and oxygen atoms in total. The molecule has 0 saturated heterocycles. The Morgan fingerprint density at radius 1 is 1.50 bits per heavy atom. The monoisotopic (exact) mass is 246 g/mol. The van der Waals surface area contributed by atoms with Gasteiger partial charge in [0.15, 0.2) is 0 Å². The summed E-state index contributed by atoms with van der Waals surface area (Å²) in [5.74, 6) is 3.03. The Bertz CT molecular complexity index is 434. The van der Waals surface area contributed by atoms with E-state index in [-0.39, 0.29) is 12.3 Å². The molecule has 0 aromatic heterocycles. The van der Waals surface area contributed by atoms with Gasteiger partial charge in [0.2, 0.25) is 5.91 Å². The van der Waals surface area contributed by atoms with Crippen LogP contribution in [0.2, 0.25) is 0 Å². The second-order valence-electron chi connectivity index (χ2n) is 4.06. The summed E-state index contributed by atoms with van der Waals surface area (Å²) >= 11 is 0. The zero-order valence-corrected chi connectivity index (χ0v) is 10.7. The highest BCUT2D eigenvalue weighted by molar-refractivity contribution is 5.81. The van der Waals surface area contributed by atoms with E-state index in [0.29, 0.717) is 6.54 Å². The molecule has 96 valence electrons. The molecule has 0 fully saturated rings. The predicted molar refractivity (Wildman–Crippen MR) is 70.9 cm³/mol. The van der Waals surface area contributed by atoms with Crippen LogP contribution in [0.25, 0.3) is 0 Å². The third-order valence-corrected chi connectivity index (χ3v) is 2.61. The molecule has 1 atom stereocenters. The first-order valence-corrected chi connectivity index (χ1v) is 5.65. The molecule has 1 amide bonds. The van der Waals surface area contributed by atoms with Gasteiger partial charge in [-0.15, -0.1) is 12.3 Å². The highest BCUT2D eigenvalue weighted by Crippen LogP contribution is 2.12. The van der Waals surface area contributed by atoms with Gasteiger partial charge in [-0.25, -0.2) is 0 Å². The number of terminal acetylenes is 1. The fourth-order valence-electron chi connectivity index (χ4n) is 1.58. The number of hydrogen-bond donors (Lipinski definition) is 1. The number of likely N-dealkylation sites (N-methyl/N-ethyl adjacent to an activating group) is 1. The zero-order chi connectivity index (χ0) is 13.5. The van der Waals surface area contributed by atoms with E-state index in [0.717, 1.165) is 11.3 Å². The van der Waals surface area contributed by atoms with E-state index in [4.69, 9.17) is 16.9 Å². The van der Waals surface area contributed by atoms with E-state index in [1.807, 2.05) is 24.3 Å². The number of carbonyl (C=O) groups excluding carboxylic acids is 1. The first-order valence-electron chi connectivity index (χ1n) is 5.65. The smallest absolute Gasteiger partial charge is 0.240 e.